The lowest BCUT2D eigenvalue weighted by atomic mass is 10.1. The Balaban J connectivity index is 1.56. The van der Waals surface area contributed by atoms with Crippen LogP contribution in [0, 0.1) is 12.7 Å². The van der Waals surface area contributed by atoms with Gasteiger partial charge in [0.15, 0.2) is 11.9 Å². The normalized spacial score (nSPS) is 19.2. The predicted molar refractivity (Wildman–Crippen MR) is 98.7 cm³/mol. The third kappa shape index (κ3) is 3.32. The number of hydrogen-bond donors (Lipinski definition) is 0. The second-order valence-electron chi connectivity index (χ2n) is 6.84. The topological polar surface area (TPSA) is 77.3 Å². The van der Waals surface area contributed by atoms with E-state index in [1.807, 2.05) is 11.8 Å². The maximum atomic E-state index is 15.0. The number of aromatic nitrogens is 1. The Hall–Kier alpha value is -2.97. The number of halogens is 1. The predicted octanol–water partition coefficient (Wildman–Crippen LogP) is 3.14. The lowest BCUT2D eigenvalue weighted by molar-refractivity contribution is 0.102. The standard InChI is InChI=1S/C19H22FN3O5/c1-12-15(9-14(20)17(18(12)25-2)22-6-3-4-7-22)23-10-13(28-19(23)24)11-26-16-5-8-27-21-16/h5,8-9,13H,3-4,6-7,10-11H2,1-2H3/t13-/m1/s1. The van der Waals surface area contributed by atoms with Crippen molar-refractivity contribution in [2.45, 2.75) is 25.9 Å². The Morgan fingerprint density at radius 1 is 1.36 bits per heavy atom. The Labute approximate surface area is 161 Å². The van der Waals surface area contributed by atoms with Gasteiger partial charge in [-0.15, -0.1) is 0 Å². The van der Waals surface area contributed by atoms with Crippen LogP contribution >= 0.6 is 0 Å². The number of nitrogens with zero attached hydrogens (tertiary/aromatic N) is 3. The molecule has 0 N–H and O–H groups in total. The van der Waals surface area contributed by atoms with Gasteiger partial charge in [-0.05, 0) is 24.9 Å². The van der Waals surface area contributed by atoms with Crippen molar-refractivity contribution < 1.29 is 27.9 Å². The number of amides is 1. The molecule has 2 fully saturated rings. The van der Waals surface area contributed by atoms with E-state index in [-0.39, 0.29) is 13.2 Å². The molecule has 28 heavy (non-hydrogen) atoms. The molecule has 0 spiro atoms. The molecular weight excluding hydrogens is 369 g/mol. The number of carbonyl (C=O) groups is 1. The fraction of sp³-hybridized carbons (Fsp3) is 0.474. The van der Waals surface area contributed by atoms with E-state index in [0.29, 0.717) is 28.6 Å². The third-order valence-corrected chi connectivity index (χ3v) is 5.05. The molecule has 9 heteroatoms. The summed E-state index contributed by atoms with van der Waals surface area (Å²) in [5.74, 6) is 0.356. The Kier molecular flexibility index (Phi) is 4.97. The zero-order valence-electron chi connectivity index (χ0n) is 15.8. The molecule has 0 bridgehead atoms. The van der Waals surface area contributed by atoms with Crippen molar-refractivity contribution in [3.63, 3.8) is 0 Å². The molecule has 1 aromatic heterocycles. The van der Waals surface area contributed by atoms with Crippen molar-refractivity contribution in [3.05, 3.63) is 29.8 Å². The summed E-state index contributed by atoms with van der Waals surface area (Å²) in [5, 5.41) is 3.65. The number of benzene rings is 1. The van der Waals surface area contributed by atoms with Crippen LogP contribution in [0.15, 0.2) is 22.9 Å². The first-order valence-electron chi connectivity index (χ1n) is 9.22. The van der Waals surface area contributed by atoms with Gasteiger partial charge in [0, 0.05) is 30.8 Å². The van der Waals surface area contributed by atoms with E-state index in [0.717, 1.165) is 25.9 Å². The number of cyclic esters (lactones) is 1. The molecule has 2 aliphatic heterocycles. The summed E-state index contributed by atoms with van der Waals surface area (Å²) in [4.78, 5) is 15.8. The van der Waals surface area contributed by atoms with Gasteiger partial charge in [0.05, 0.1) is 19.3 Å². The summed E-state index contributed by atoms with van der Waals surface area (Å²) in [6, 6.07) is 2.95. The summed E-state index contributed by atoms with van der Waals surface area (Å²) in [5.41, 5.74) is 1.59. The summed E-state index contributed by atoms with van der Waals surface area (Å²) in [6.07, 6.45) is 2.38. The van der Waals surface area contributed by atoms with Crippen molar-refractivity contribution in [2.24, 2.45) is 0 Å². The number of carbonyl (C=O) groups excluding carboxylic acids is 1. The molecule has 0 radical (unpaired) electrons. The molecule has 3 heterocycles. The number of rotatable bonds is 6. The summed E-state index contributed by atoms with van der Waals surface area (Å²) in [6.45, 7) is 3.76. The minimum atomic E-state index is -0.549. The van der Waals surface area contributed by atoms with E-state index in [4.69, 9.17) is 18.7 Å². The van der Waals surface area contributed by atoms with Crippen LogP contribution in [0.25, 0.3) is 0 Å². The van der Waals surface area contributed by atoms with Crippen LogP contribution in [-0.4, -0.2) is 50.7 Å². The van der Waals surface area contributed by atoms with Gasteiger partial charge in [-0.1, -0.05) is 0 Å². The van der Waals surface area contributed by atoms with E-state index >= 15 is 0 Å². The van der Waals surface area contributed by atoms with Crippen LogP contribution in [0.5, 0.6) is 11.6 Å². The number of methoxy groups -OCH3 is 1. The van der Waals surface area contributed by atoms with Crippen molar-refractivity contribution >= 4 is 17.5 Å². The molecule has 2 aromatic rings. The molecule has 1 atom stereocenters. The van der Waals surface area contributed by atoms with Crippen LogP contribution in [-0.2, 0) is 4.74 Å². The van der Waals surface area contributed by atoms with Crippen LogP contribution in [0.4, 0.5) is 20.6 Å². The largest absolute Gasteiger partial charge is 0.494 e. The van der Waals surface area contributed by atoms with Gasteiger partial charge in [-0.3, -0.25) is 4.90 Å². The maximum Gasteiger partial charge on any atom is 0.414 e. The first-order chi connectivity index (χ1) is 13.6. The van der Waals surface area contributed by atoms with Gasteiger partial charge in [0.25, 0.3) is 5.88 Å². The molecule has 150 valence electrons. The first kappa shape index (κ1) is 18.4. The SMILES string of the molecule is COc1c(C)c(N2C[C@H](COc3ccon3)OC2=O)cc(F)c1N1CCCC1. The van der Waals surface area contributed by atoms with Gasteiger partial charge in [0.2, 0.25) is 0 Å². The Morgan fingerprint density at radius 3 is 2.82 bits per heavy atom. The Morgan fingerprint density at radius 2 is 2.14 bits per heavy atom. The van der Waals surface area contributed by atoms with Gasteiger partial charge >= 0.3 is 6.09 Å². The van der Waals surface area contributed by atoms with Crippen LogP contribution in [0.3, 0.4) is 0 Å². The lowest BCUT2D eigenvalue weighted by Gasteiger charge is -2.25. The lowest BCUT2D eigenvalue weighted by Crippen LogP contribution is -2.28. The molecule has 0 saturated carbocycles. The second kappa shape index (κ2) is 7.57. The van der Waals surface area contributed by atoms with Gasteiger partial charge in [-0.2, -0.15) is 0 Å². The average molecular weight is 391 g/mol. The Bertz CT molecular complexity index is 852. The average Bonchev–Trinajstić information content (AvgIpc) is 3.43. The van der Waals surface area contributed by atoms with E-state index in [1.54, 1.807) is 6.07 Å². The first-order valence-corrected chi connectivity index (χ1v) is 9.22. The molecule has 4 rings (SSSR count). The highest BCUT2D eigenvalue weighted by Gasteiger charge is 2.36. The van der Waals surface area contributed by atoms with Gasteiger partial charge in [-0.25, -0.2) is 9.18 Å². The minimum Gasteiger partial charge on any atom is -0.494 e. The fourth-order valence-electron chi connectivity index (χ4n) is 3.72. The zero-order valence-corrected chi connectivity index (χ0v) is 15.8. The van der Waals surface area contributed by atoms with Crippen molar-refractivity contribution in [1.82, 2.24) is 5.16 Å². The molecular formula is C19H22FN3O5. The van der Waals surface area contributed by atoms with E-state index in [1.165, 1.54) is 24.3 Å². The monoisotopic (exact) mass is 391 g/mol. The van der Waals surface area contributed by atoms with Crippen LogP contribution in [0.2, 0.25) is 0 Å². The maximum absolute atomic E-state index is 15.0. The van der Waals surface area contributed by atoms with Crippen molar-refractivity contribution in [2.75, 3.05) is 43.2 Å². The molecule has 1 aromatic carbocycles. The van der Waals surface area contributed by atoms with Crippen LogP contribution < -0.4 is 19.3 Å². The highest BCUT2D eigenvalue weighted by Crippen LogP contribution is 2.42. The summed E-state index contributed by atoms with van der Waals surface area (Å²) < 4.78 is 36.0. The van der Waals surface area contributed by atoms with Crippen molar-refractivity contribution in [3.8, 4) is 11.6 Å². The third-order valence-electron chi connectivity index (χ3n) is 5.05. The van der Waals surface area contributed by atoms with Gasteiger partial charge < -0.3 is 23.6 Å². The second-order valence-corrected chi connectivity index (χ2v) is 6.84. The molecule has 8 nitrogen and oxygen atoms in total. The molecule has 1 amide bonds. The quantitative estimate of drug-likeness (QED) is 0.749. The molecule has 0 unspecified atom stereocenters. The molecule has 2 aliphatic rings. The number of anilines is 2. The van der Waals surface area contributed by atoms with E-state index < -0.39 is 18.0 Å². The van der Waals surface area contributed by atoms with E-state index in [9.17, 15) is 9.18 Å². The zero-order chi connectivity index (χ0) is 19.7. The highest BCUT2D eigenvalue weighted by molar-refractivity contribution is 5.92. The van der Waals surface area contributed by atoms with Crippen molar-refractivity contribution in [1.29, 1.82) is 0 Å². The smallest absolute Gasteiger partial charge is 0.414 e. The number of hydrogen-bond acceptors (Lipinski definition) is 7. The van der Waals surface area contributed by atoms with E-state index in [2.05, 4.69) is 5.16 Å². The number of ether oxygens (including phenoxy) is 3. The highest BCUT2D eigenvalue weighted by atomic mass is 19.1. The van der Waals surface area contributed by atoms with Crippen LogP contribution in [0.1, 0.15) is 18.4 Å². The van der Waals surface area contributed by atoms with Gasteiger partial charge in [0.1, 0.15) is 24.3 Å². The molecule has 0 aliphatic carbocycles. The fourth-order valence-corrected chi connectivity index (χ4v) is 3.72. The summed E-state index contributed by atoms with van der Waals surface area (Å²) in [7, 11) is 1.52. The minimum absolute atomic E-state index is 0.124. The summed E-state index contributed by atoms with van der Waals surface area (Å²) >= 11 is 0. The molecule has 2 saturated heterocycles.